The highest BCUT2D eigenvalue weighted by Gasteiger charge is 2.53. The Morgan fingerprint density at radius 2 is 1.94 bits per heavy atom. The van der Waals surface area contributed by atoms with Gasteiger partial charge in [0.15, 0.2) is 0 Å². The minimum absolute atomic E-state index is 0.316. The molecule has 1 aromatic heterocycles. The van der Waals surface area contributed by atoms with Gasteiger partial charge in [0.25, 0.3) is 0 Å². The van der Waals surface area contributed by atoms with Crippen LogP contribution in [0.15, 0.2) is 42.6 Å². The zero-order valence-corrected chi connectivity index (χ0v) is 18.3. The third-order valence-electron chi connectivity index (χ3n) is 7.32. The molecule has 2 bridgehead atoms. The Balaban J connectivity index is 0.000000418. The van der Waals surface area contributed by atoms with Gasteiger partial charge in [0.1, 0.15) is 5.75 Å². The van der Waals surface area contributed by atoms with Crippen LogP contribution in [0.4, 0.5) is 0 Å². The van der Waals surface area contributed by atoms with E-state index in [0.717, 1.165) is 25.3 Å². The molecule has 7 nitrogen and oxygen atoms in total. The van der Waals surface area contributed by atoms with Crippen molar-refractivity contribution in [2.24, 2.45) is 5.92 Å². The first-order valence-corrected chi connectivity index (χ1v) is 12.3. The summed E-state index contributed by atoms with van der Waals surface area (Å²) in [6.07, 6.45) is 10.7. The first-order chi connectivity index (χ1) is 14.8. The number of rotatable bonds is 3. The number of hydrogen-bond acceptors (Lipinski definition) is 5. The van der Waals surface area contributed by atoms with E-state index in [9.17, 15) is 5.11 Å². The number of aromatic nitrogens is 1. The molecule has 2 aliphatic carbocycles. The zero-order chi connectivity index (χ0) is 22.1. The smallest absolute Gasteiger partial charge is 0.394 e. The summed E-state index contributed by atoms with van der Waals surface area (Å²) in [4.78, 5) is 7.26. The van der Waals surface area contributed by atoms with Gasteiger partial charge in [-0.2, -0.15) is 8.42 Å². The molecule has 1 saturated heterocycles. The van der Waals surface area contributed by atoms with E-state index < -0.39 is 10.4 Å². The van der Waals surface area contributed by atoms with Gasteiger partial charge in [-0.05, 0) is 73.5 Å². The topological polar surface area (TPSA) is 111 Å². The molecule has 0 spiro atoms. The lowest BCUT2D eigenvalue weighted by Gasteiger charge is -2.59. The highest BCUT2D eigenvalue weighted by atomic mass is 32.3. The molecule has 3 atom stereocenters. The van der Waals surface area contributed by atoms with Crippen molar-refractivity contribution in [1.29, 1.82) is 0 Å². The molecule has 8 heteroatoms. The van der Waals surface area contributed by atoms with Crippen LogP contribution in [0.5, 0.6) is 5.75 Å². The Kier molecular flexibility index (Phi) is 6.35. The highest BCUT2D eigenvalue weighted by molar-refractivity contribution is 7.79. The summed E-state index contributed by atoms with van der Waals surface area (Å²) in [7, 11) is -4.67. The molecular formula is C23H30N2O5S. The van der Waals surface area contributed by atoms with Crippen molar-refractivity contribution in [3.05, 3.63) is 59.4 Å². The van der Waals surface area contributed by atoms with Gasteiger partial charge >= 0.3 is 10.4 Å². The van der Waals surface area contributed by atoms with E-state index >= 15 is 0 Å². The fourth-order valence-corrected chi connectivity index (χ4v) is 6.15. The first kappa shape index (κ1) is 22.2. The molecule has 0 radical (unpaired) electrons. The van der Waals surface area contributed by atoms with Gasteiger partial charge in [-0.25, -0.2) is 0 Å². The number of phenols is 1. The average Bonchev–Trinajstić information content (AvgIpc) is 2.73. The van der Waals surface area contributed by atoms with E-state index in [1.54, 1.807) is 0 Å². The van der Waals surface area contributed by atoms with Crippen LogP contribution in [-0.2, 0) is 28.7 Å². The van der Waals surface area contributed by atoms with Crippen LogP contribution in [0, 0.1) is 5.92 Å². The highest BCUT2D eigenvalue weighted by Crippen LogP contribution is 2.56. The first-order valence-electron chi connectivity index (χ1n) is 10.9. The van der Waals surface area contributed by atoms with E-state index in [4.69, 9.17) is 17.5 Å². The molecule has 5 rings (SSSR count). The van der Waals surface area contributed by atoms with Crippen LogP contribution in [-0.4, -0.2) is 51.6 Å². The fourth-order valence-electron chi connectivity index (χ4n) is 6.15. The Morgan fingerprint density at radius 3 is 2.68 bits per heavy atom. The van der Waals surface area contributed by atoms with E-state index in [1.807, 2.05) is 18.3 Å². The van der Waals surface area contributed by atoms with Gasteiger partial charge < -0.3 is 5.11 Å². The number of phenolic OH excluding ortho intramolecular Hbond substituents is 1. The predicted octanol–water partition coefficient (Wildman–Crippen LogP) is 3.44. The molecular weight excluding hydrogens is 416 g/mol. The molecule has 2 aromatic rings. The number of aromatic hydroxyl groups is 1. The number of nitrogens with zero attached hydrogens (tertiary/aromatic N) is 2. The zero-order valence-electron chi connectivity index (χ0n) is 17.5. The largest absolute Gasteiger partial charge is 0.508 e. The van der Waals surface area contributed by atoms with Gasteiger partial charge in [-0.3, -0.25) is 19.0 Å². The van der Waals surface area contributed by atoms with E-state index in [2.05, 4.69) is 34.1 Å². The van der Waals surface area contributed by atoms with Crippen LogP contribution in [0.2, 0.25) is 0 Å². The van der Waals surface area contributed by atoms with Gasteiger partial charge in [0.2, 0.25) is 0 Å². The van der Waals surface area contributed by atoms with Gasteiger partial charge in [-0.15, -0.1) is 0 Å². The number of piperidine rings is 1. The minimum atomic E-state index is -4.67. The maximum atomic E-state index is 10.1. The molecule has 0 amide bonds. The van der Waals surface area contributed by atoms with Gasteiger partial charge in [0.05, 0.1) is 0 Å². The van der Waals surface area contributed by atoms with Crippen LogP contribution in [0.3, 0.4) is 0 Å². The monoisotopic (exact) mass is 446 g/mol. The van der Waals surface area contributed by atoms with Crippen molar-refractivity contribution < 1.29 is 22.6 Å². The summed E-state index contributed by atoms with van der Waals surface area (Å²) in [5.41, 5.74) is 4.47. The molecule has 1 saturated carbocycles. The molecule has 3 N–H and O–H groups in total. The summed E-state index contributed by atoms with van der Waals surface area (Å²) in [6.45, 7) is 2.30. The summed E-state index contributed by atoms with van der Waals surface area (Å²) in [5.74, 6) is 1.20. The predicted molar refractivity (Wildman–Crippen MR) is 118 cm³/mol. The van der Waals surface area contributed by atoms with Crippen molar-refractivity contribution in [1.82, 2.24) is 9.88 Å². The standard InChI is InChI=1S/C23H28N2O.H2O4S/c26-19-8-7-17-15-22-20-6-1-3-10-23(20,21(17)16-19)11-14-25(22)13-9-18-5-2-4-12-24-18;1-5(2,3)4/h2,4-5,7-8,12,16,20,22,26H,1,3,6,9-11,13-15H2;(H2,1,2,3,4)/t20-,22-,23+;/m0./s1. The van der Waals surface area contributed by atoms with Crippen molar-refractivity contribution in [3.8, 4) is 5.75 Å². The summed E-state index contributed by atoms with van der Waals surface area (Å²) in [5, 5.41) is 10.1. The molecule has 31 heavy (non-hydrogen) atoms. The molecule has 2 fully saturated rings. The second-order valence-corrected chi connectivity index (χ2v) is 9.82. The third-order valence-corrected chi connectivity index (χ3v) is 7.32. The van der Waals surface area contributed by atoms with Gasteiger partial charge in [-0.1, -0.05) is 25.0 Å². The molecule has 0 unspecified atom stereocenters. The molecule has 2 heterocycles. The minimum Gasteiger partial charge on any atom is -0.508 e. The number of likely N-dealkylation sites (tertiary alicyclic amines) is 1. The normalized spacial score (nSPS) is 27.4. The summed E-state index contributed by atoms with van der Waals surface area (Å²) < 4.78 is 31.6. The van der Waals surface area contributed by atoms with Crippen molar-refractivity contribution >= 4 is 10.4 Å². The maximum Gasteiger partial charge on any atom is 0.394 e. The lowest BCUT2D eigenvalue weighted by molar-refractivity contribution is -0.0107. The van der Waals surface area contributed by atoms with Crippen molar-refractivity contribution in [2.75, 3.05) is 13.1 Å². The maximum absolute atomic E-state index is 10.1. The van der Waals surface area contributed by atoms with Crippen molar-refractivity contribution in [3.63, 3.8) is 0 Å². The Morgan fingerprint density at radius 1 is 1.13 bits per heavy atom. The number of hydrogen-bond donors (Lipinski definition) is 3. The SMILES string of the molecule is O=S(=O)(O)O.Oc1ccc2c(c1)[C@@]13CCCC[C@H]1[C@H](C2)N(CCc1ccccn1)CC3. The summed E-state index contributed by atoms with van der Waals surface area (Å²) >= 11 is 0. The van der Waals surface area contributed by atoms with E-state index in [-0.39, 0.29) is 0 Å². The molecule has 1 aromatic carbocycles. The number of pyridine rings is 1. The summed E-state index contributed by atoms with van der Waals surface area (Å²) in [6, 6.07) is 13.0. The quantitative estimate of drug-likeness (QED) is 0.619. The average molecular weight is 447 g/mol. The lowest BCUT2D eigenvalue weighted by Crippen LogP contribution is -2.61. The van der Waals surface area contributed by atoms with E-state index in [1.165, 1.54) is 55.5 Å². The third kappa shape index (κ3) is 4.92. The van der Waals surface area contributed by atoms with Crippen molar-refractivity contribution in [2.45, 2.75) is 56.4 Å². The lowest BCUT2D eigenvalue weighted by atomic mass is 9.52. The van der Waals surface area contributed by atoms with E-state index in [0.29, 0.717) is 17.2 Å². The molecule has 1 aliphatic heterocycles. The van der Waals surface area contributed by atoms with Gasteiger partial charge in [0, 0.05) is 36.3 Å². The Hall–Kier alpha value is -2.00. The Bertz CT molecular complexity index is 1010. The Labute approximate surface area is 183 Å². The number of benzene rings is 1. The number of fused-ring (bicyclic) bond motifs is 1. The van der Waals surface area contributed by atoms with Crippen LogP contribution < -0.4 is 0 Å². The second kappa shape index (κ2) is 8.86. The molecule has 168 valence electrons. The molecule has 3 aliphatic rings. The van der Waals surface area contributed by atoms with Crippen LogP contribution in [0.1, 0.15) is 48.9 Å². The van der Waals surface area contributed by atoms with Crippen LogP contribution in [0.25, 0.3) is 0 Å². The second-order valence-electron chi connectivity index (χ2n) is 8.93. The fraction of sp³-hybridized carbons (Fsp3) is 0.522. The van der Waals surface area contributed by atoms with Crippen LogP contribution >= 0.6 is 0 Å².